The van der Waals surface area contributed by atoms with Gasteiger partial charge in [-0.1, -0.05) is 22.9 Å². The van der Waals surface area contributed by atoms with E-state index in [0.717, 1.165) is 22.4 Å². The summed E-state index contributed by atoms with van der Waals surface area (Å²) in [4.78, 5) is 16.9. The Balaban J connectivity index is 1.64. The summed E-state index contributed by atoms with van der Waals surface area (Å²) in [7, 11) is 0. The van der Waals surface area contributed by atoms with Crippen LogP contribution in [0.25, 0.3) is 16.8 Å². The summed E-state index contributed by atoms with van der Waals surface area (Å²) in [5.74, 6) is -3.75. The fourth-order valence-electron chi connectivity index (χ4n) is 3.46. The number of nitrogens with one attached hydrogen (secondary N) is 1. The third kappa shape index (κ3) is 3.38. The van der Waals surface area contributed by atoms with Gasteiger partial charge in [-0.2, -0.15) is 5.10 Å². The monoisotopic (exact) mass is 425 g/mol. The normalized spacial score (nSPS) is 21.8. The van der Waals surface area contributed by atoms with Gasteiger partial charge in [0.25, 0.3) is 11.8 Å². The maximum Gasteiger partial charge on any atom is 0.280 e. The zero-order chi connectivity index (χ0) is 20.1. The Hall–Kier alpha value is -2.10. The number of halogens is 3. The smallest absolute Gasteiger partial charge is 0.280 e. The molecule has 3 aromatic heterocycles. The molecule has 6 nitrogen and oxygen atoms in total. The number of amides is 1. The van der Waals surface area contributed by atoms with Crippen LogP contribution in [0.5, 0.6) is 0 Å². The molecule has 2 unspecified atom stereocenters. The highest BCUT2D eigenvalue weighted by molar-refractivity contribution is 7.18. The van der Waals surface area contributed by atoms with Gasteiger partial charge in [0.1, 0.15) is 16.1 Å². The molecule has 0 spiro atoms. The first-order valence-electron chi connectivity index (χ1n) is 8.81. The van der Waals surface area contributed by atoms with Crippen LogP contribution in [0.2, 0.25) is 4.34 Å². The topological polar surface area (TPSA) is 85.3 Å². The number of hydrogen-bond donors (Lipinski definition) is 2. The lowest BCUT2D eigenvalue weighted by Crippen LogP contribution is -2.59. The molecule has 0 radical (unpaired) electrons. The van der Waals surface area contributed by atoms with Crippen LogP contribution in [0.15, 0.2) is 24.5 Å². The highest BCUT2D eigenvalue weighted by Gasteiger charge is 2.46. The van der Waals surface area contributed by atoms with Crippen molar-refractivity contribution in [2.45, 2.75) is 44.2 Å². The number of carbonyl (C=O) groups is 1. The molecule has 3 aromatic rings. The van der Waals surface area contributed by atoms with Gasteiger partial charge in [-0.3, -0.25) is 4.79 Å². The molecule has 1 amide bonds. The lowest BCUT2D eigenvalue weighted by atomic mass is 9.87. The SMILES string of the molecule is Cc1ccn2ncc(-c3nc(C(=O)NC4C(N)CCCC4(F)F)sc3Cl)c2c1. The fraction of sp³-hybridized carbons (Fsp3) is 0.389. The Labute approximate surface area is 168 Å². The van der Waals surface area contributed by atoms with E-state index in [9.17, 15) is 13.6 Å². The van der Waals surface area contributed by atoms with Crippen molar-refractivity contribution in [3.63, 3.8) is 0 Å². The van der Waals surface area contributed by atoms with Crippen LogP contribution in [0.1, 0.15) is 34.6 Å². The molecule has 1 aliphatic carbocycles. The minimum absolute atomic E-state index is 0.0144. The zero-order valence-electron chi connectivity index (χ0n) is 15.0. The van der Waals surface area contributed by atoms with Gasteiger partial charge in [0, 0.05) is 24.2 Å². The van der Waals surface area contributed by atoms with Crippen LogP contribution >= 0.6 is 22.9 Å². The van der Waals surface area contributed by atoms with E-state index in [1.807, 2.05) is 25.3 Å². The lowest BCUT2D eigenvalue weighted by molar-refractivity contribution is -0.0674. The van der Waals surface area contributed by atoms with Crippen molar-refractivity contribution in [1.29, 1.82) is 0 Å². The quantitative estimate of drug-likeness (QED) is 0.670. The summed E-state index contributed by atoms with van der Waals surface area (Å²) < 4.78 is 30.3. The Kier molecular flexibility index (Phi) is 4.84. The molecule has 0 saturated heterocycles. The average molecular weight is 426 g/mol. The number of fused-ring (bicyclic) bond motifs is 1. The molecule has 10 heteroatoms. The molecule has 3 heterocycles. The maximum absolute atomic E-state index is 14.2. The summed E-state index contributed by atoms with van der Waals surface area (Å²) in [6.45, 7) is 1.95. The number of nitrogens with two attached hydrogens (primary N) is 1. The van der Waals surface area contributed by atoms with Gasteiger partial charge in [0.05, 0.1) is 11.7 Å². The van der Waals surface area contributed by atoms with Crippen molar-refractivity contribution < 1.29 is 13.6 Å². The Morgan fingerprint density at radius 2 is 2.29 bits per heavy atom. The van der Waals surface area contributed by atoms with Crippen molar-refractivity contribution in [2.24, 2.45) is 5.73 Å². The van der Waals surface area contributed by atoms with E-state index in [1.54, 1.807) is 10.7 Å². The third-order valence-electron chi connectivity index (χ3n) is 4.93. The van der Waals surface area contributed by atoms with E-state index in [0.29, 0.717) is 28.4 Å². The molecule has 0 aliphatic heterocycles. The number of rotatable bonds is 3. The van der Waals surface area contributed by atoms with Crippen molar-refractivity contribution in [1.82, 2.24) is 19.9 Å². The van der Waals surface area contributed by atoms with Crippen LogP contribution in [0.3, 0.4) is 0 Å². The van der Waals surface area contributed by atoms with Gasteiger partial charge >= 0.3 is 0 Å². The predicted octanol–water partition coefficient (Wildman–Crippen LogP) is 3.66. The third-order valence-corrected chi connectivity index (χ3v) is 6.18. The second kappa shape index (κ2) is 7.06. The second-order valence-corrected chi connectivity index (χ2v) is 8.60. The summed E-state index contributed by atoms with van der Waals surface area (Å²) in [6.07, 6.45) is 3.91. The zero-order valence-corrected chi connectivity index (χ0v) is 16.5. The van der Waals surface area contributed by atoms with E-state index >= 15 is 0 Å². The van der Waals surface area contributed by atoms with Crippen LogP contribution in [-0.2, 0) is 0 Å². The predicted molar refractivity (Wildman–Crippen MR) is 104 cm³/mol. The van der Waals surface area contributed by atoms with Crippen molar-refractivity contribution >= 4 is 34.4 Å². The molecule has 0 aromatic carbocycles. The Morgan fingerprint density at radius 1 is 1.50 bits per heavy atom. The van der Waals surface area contributed by atoms with Gasteiger partial charge in [-0.05, 0) is 37.5 Å². The molecule has 3 N–H and O–H groups in total. The standard InChI is InChI=1S/C18H18ClF2N5OS/c1-9-4-6-26-12(7-9)10(8-23-26)13-15(19)28-17(24-13)16(27)25-14-11(22)3-2-5-18(14,20)21/h4,6-8,11,14H,2-3,5,22H2,1H3,(H,25,27). The molecule has 2 atom stereocenters. The number of nitrogens with zero attached hydrogens (tertiary/aromatic N) is 3. The number of hydrogen-bond acceptors (Lipinski definition) is 5. The first kappa shape index (κ1) is 19.2. The van der Waals surface area contributed by atoms with E-state index < -0.39 is 23.9 Å². The minimum atomic E-state index is -3.04. The minimum Gasteiger partial charge on any atom is -0.340 e. The van der Waals surface area contributed by atoms with Gasteiger partial charge in [-0.25, -0.2) is 18.3 Å². The Bertz CT molecular complexity index is 1050. The molecule has 148 valence electrons. The average Bonchev–Trinajstić information content (AvgIpc) is 3.20. The summed E-state index contributed by atoms with van der Waals surface area (Å²) in [5.41, 5.74) is 8.72. The van der Waals surface area contributed by atoms with E-state index in [2.05, 4.69) is 15.4 Å². The van der Waals surface area contributed by atoms with Crippen LogP contribution in [0.4, 0.5) is 8.78 Å². The number of pyridine rings is 1. The number of carbonyl (C=O) groups excluding carboxylic acids is 1. The van der Waals surface area contributed by atoms with Gasteiger partial charge in [-0.15, -0.1) is 0 Å². The maximum atomic E-state index is 14.2. The molecule has 1 aliphatic rings. The number of alkyl halides is 2. The van der Waals surface area contributed by atoms with Crippen LogP contribution < -0.4 is 11.1 Å². The van der Waals surface area contributed by atoms with Crippen molar-refractivity contribution in [3.05, 3.63) is 39.4 Å². The highest BCUT2D eigenvalue weighted by Crippen LogP contribution is 2.36. The van der Waals surface area contributed by atoms with E-state index in [-0.39, 0.29) is 11.4 Å². The molecule has 1 fully saturated rings. The molecule has 4 rings (SSSR count). The van der Waals surface area contributed by atoms with E-state index in [4.69, 9.17) is 17.3 Å². The number of thiazole rings is 1. The molecule has 0 bridgehead atoms. The van der Waals surface area contributed by atoms with Gasteiger partial charge in [0.2, 0.25) is 0 Å². The first-order chi connectivity index (χ1) is 13.3. The van der Waals surface area contributed by atoms with Crippen molar-refractivity contribution in [2.75, 3.05) is 0 Å². The lowest BCUT2D eigenvalue weighted by Gasteiger charge is -2.36. The molecular weight excluding hydrogens is 408 g/mol. The summed E-state index contributed by atoms with van der Waals surface area (Å²) in [6, 6.07) is 1.63. The van der Waals surface area contributed by atoms with Crippen LogP contribution in [0, 0.1) is 6.92 Å². The number of aryl methyl sites for hydroxylation is 1. The van der Waals surface area contributed by atoms with E-state index in [1.165, 1.54) is 0 Å². The number of aromatic nitrogens is 3. The molecular formula is C18H18ClF2N5OS. The fourth-order valence-corrected chi connectivity index (χ4v) is 4.53. The van der Waals surface area contributed by atoms with Gasteiger partial charge in [0.15, 0.2) is 5.01 Å². The first-order valence-corrected chi connectivity index (χ1v) is 10.0. The van der Waals surface area contributed by atoms with Gasteiger partial charge < -0.3 is 11.1 Å². The Morgan fingerprint density at radius 3 is 3.04 bits per heavy atom. The summed E-state index contributed by atoms with van der Waals surface area (Å²) >= 11 is 7.26. The second-order valence-electron chi connectivity index (χ2n) is 7.00. The highest BCUT2D eigenvalue weighted by atomic mass is 35.5. The largest absolute Gasteiger partial charge is 0.340 e. The molecule has 1 saturated carbocycles. The molecule has 28 heavy (non-hydrogen) atoms. The van der Waals surface area contributed by atoms with Crippen molar-refractivity contribution in [3.8, 4) is 11.3 Å². The van der Waals surface area contributed by atoms with Crippen LogP contribution in [-0.4, -0.2) is 38.5 Å². The summed E-state index contributed by atoms with van der Waals surface area (Å²) in [5, 5.41) is 6.64.